The van der Waals surface area contributed by atoms with Crippen LogP contribution in [0.2, 0.25) is 0 Å². The molecule has 9 heteroatoms. The summed E-state index contributed by atoms with van der Waals surface area (Å²) in [5, 5.41) is 49.3. The predicted molar refractivity (Wildman–Crippen MR) is 104 cm³/mol. The smallest absolute Gasteiger partial charge is 0.344 e. The van der Waals surface area contributed by atoms with Gasteiger partial charge in [0, 0.05) is 5.92 Å². The topological polar surface area (TPSA) is 171 Å². The Kier molecular flexibility index (Phi) is 6.20. The van der Waals surface area contributed by atoms with Gasteiger partial charge >= 0.3 is 5.97 Å². The summed E-state index contributed by atoms with van der Waals surface area (Å²) in [5.74, 6) is -3.47. The summed E-state index contributed by atoms with van der Waals surface area (Å²) in [6, 6.07) is 15.0. The van der Waals surface area contributed by atoms with Gasteiger partial charge < -0.3 is 36.0 Å². The van der Waals surface area contributed by atoms with E-state index in [2.05, 4.69) is 0 Å². The standard InChI is InChI=1S/C21H23NO8/c22-19(27)18(26)21(29,17(25)16(24)9-23)20(28)30-10-15-13-7-3-1-5-11(13)12-6-2-4-8-14(12)15/h1-8,15-18,23-26,29H,9-10H2,(H2,22,27)/t16-,17-,18+,21+/m1/s1. The van der Waals surface area contributed by atoms with Crippen LogP contribution in [-0.4, -0.2) is 74.5 Å². The van der Waals surface area contributed by atoms with Crippen LogP contribution in [0.5, 0.6) is 0 Å². The zero-order valence-corrected chi connectivity index (χ0v) is 15.9. The lowest BCUT2D eigenvalue weighted by atomic mass is 9.86. The number of carbonyl (C=O) groups excluding carboxylic acids is 2. The molecule has 0 heterocycles. The van der Waals surface area contributed by atoms with E-state index < -0.39 is 48.3 Å². The number of nitrogens with two attached hydrogens (primary N) is 1. The minimum atomic E-state index is -3.27. The van der Waals surface area contributed by atoms with E-state index in [1.807, 2.05) is 48.5 Å². The number of aliphatic hydroxyl groups is 5. The van der Waals surface area contributed by atoms with Crippen molar-refractivity contribution in [2.75, 3.05) is 13.2 Å². The highest BCUT2D eigenvalue weighted by Crippen LogP contribution is 2.44. The van der Waals surface area contributed by atoms with Crippen LogP contribution in [0.25, 0.3) is 11.1 Å². The van der Waals surface area contributed by atoms with Crippen molar-refractivity contribution in [3.05, 3.63) is 59.7 Å². The number of rotatable bonds is 8. The minimum Gasteiger partial charge on any atom is -0.462 e. The molecular weight excluding hydrogens is 394 g/mol. The average Bonchev–Trinajstić information content (AvgIpc) is 3.08. The number of fused-ring (bicyclic) bond motifs is 3. The van der Waals surface area contributed by atoms with Crippen LogP contribution < -0.4 is 5.73 Å². The maximum atomic E-state index is 12.7. The first-order chi connectivity index (χ1) is 14.2. The van der Waals surface area contributed by atoms with Gasteiger partial charge in [-0.05, 0) is 22.3 Å². The highest BCUT2D eigenvalue weighted by atomic mass is 16.6. The maximum absolute atomic E-state index is 12.7. The maximum Gasteiger partial charge on any atom is 0.344 e. The molecule has 2 aromatic carbocycles. The second kappa shape index (κ2) is 8.50. The molecule has 0 saturated carbocycles. The van der Waals surface area contributed by atoms with Crippen molar-refractivity contribution in [2.45, 2.75) is 29.8 Å². The first-order valence-electron chi connectivity index (χ1n) is 9.25. The van der Waals surface area contributed by atoms with Gasteiger partial charge in [-0.25, -0.2) is 4.79 Å². The van der Waals surface area contributed by atoms with E-state index in [4.69, 9.17) is 15.6 Å². The van der Waals surface area contributed by atoms with E-state index in [1.54, 1.807) is 0 Å². The second-order valence-corrected chi connectivity index (χ2v) is 7.15. The number of amides is 1. The van der Waals surface area contributed by atoms with Gasteiger partial charge in [0.2, 0.25) is 11.5 Å². The van der Waals surface area contributed by atoms with Gasteiger partial charge in [0.05, 0.1) is 6.61 Å². The van der Waals surface area contributed by atoms with E-state index in [9.17, 15) is 30.0 Å². The van der Waals surface area contributed by atoms with Crippen LogP contribution in [0.15, 0.2) is 48.5 Å². The minimum absolute atomic E-state index is 0.275. The Morgan fingerprint density at radius 2 is 1.50 bits per heavy atom. The summed E-state index contributed by atoms with van der Waals surface area (Å²) < 4.78 is 5.18. The summed E-state index contributed by atoms with van der Waals surface area (Å²) in [4.78, 5) is 24.1. The van der Waals surface area contributed by atoms with Crippen molar-refractivity contribution in [3.8, 4) is 11.1 Å². The molecule has 9 nitrogen and oxygen atoms in total. The number of hydrogen-bond acceptors (Lipinski definition) is 8. The zero-order chi connectivity index (χ0) is 22.1. The SMILES string of the molecule is NC(=O)[C@H](O)[C@](O)(C(=O)OCC1c2ccccc2-c2ccccc21)[C@H](O)[C@H](O)CO. The Bertz CT molecular complexity index is 903. The molecule has 0 saturated heterocycles. The summed E-state index contributed by atoms with van der Waals surface area (Å²) >= 11 is 0. The first kappa shape index (κ1) is 21.9. The van der Waals surface area contributed by atoms with Crippen molar-refractivity contribution in [3.63, 3.8) is 0 Å². The van der Waals surface area contributed by atoms with E-state index in [0.717, 1.165) is 22.3 Å². The molecule has 0 spiro atoms. The Morgan fingerprint density at radius 3 is 1.97 bits per heavy atom. The molecule has 160 valence electrons. The van der Waals surface area contributed by atoms with Crippen LogP contribution in [0.4, 0.5) is 0 Å². The largest absolute Gasteiger partial charge is 0.462 e. The van der Waals surface area contributed by atoms with Crippen LogP contribution >= 0.6 is 0 Å². The molecule has 0 radical (unpaired) electrons. The van der Waals surface area contributed by atoms with Crippen molar-refractivity contribution in [1.29, 1.82) is 0 Å². The Labute approximate surface area is 172 Å². The second-order valence-electron chi connectivity index (χ2n) is 7.15. The van der Waals surface area contributed by atoms with Gasteiger partial charge in [0.15, 0.2) is 6.10 Å². The lowest BCUT2D eigenvalue weighted by molar-refractivity contribution is -0.212. The molecule has 0 bridgehead atoms. The number of hydrogen-bond donors (Lipinski definition) is 6. The third-order valence-electron chi connectivity index (χ3n) is 5.36. The fraction of sp³-hybridized carbons (Fsp3) is 0.333. The number of primary amides is 1. The van der Waals surface area contributed by atoms with Crippen molar-refractivity contribution >= 4 is 11.9 Å². The van der Waals surface area contributed by atoms with Crippen molar-refractivity contribution < 1.29 is 39.9 Å². The molecule has 1 aliphatic rings. The van der Waals surface area contributed by atoms with Crippen LogP contribution in [0, 0.1) is 0 Å². The van der Waals surface area contributed by atoms with Crippen LogP contribution in [-0.2, 0) is 14.3 Å². The number of ether oxygens (including phenoxy) is 1. The molecule has 0 aliphatic heterocycles. The molecule has 2 aromatic rings. The zero-order valence-electron chi connectivity index (χ0n) is 15.9. The summed E-state index contributed by atoms with van der Waals surface area (Å²) in [5.41, 5.74) is 5.36. The first-order valence-corrected chi connectivity index (χ1v) is 9.25. The molecule has 0 aromatic heterocycles. The number of aliphatic hydroxyl groups excluding tert-OH is 4. The summed E-state index contributed by atoms with van der Waals surface area (Å²) in [6.45, 7) is -1.33. The molecule has 30 heavy (non-hydrogen) atoms. The van der Waals surface area contributed by atoms with Gasteiger partial charge in [0.1, 0.15) is 18.8 Å². The molecule has 3 rings (SSSR count). The van der Waals surface area contributed by atoms with Gasteiger partial charge in [-0.3, -0.25) is 4.79 Å². The Morgan fingerprint density at radius 1 is 1.00 bits per heavy atom. The number of esters is 1. The third kappa shape index (κ3) is 3.57. The molecule has 0 unspecified atom stereocenters. The number of carbonyl (C=O) groups is 2. The summed E-state index contributed by atoms with van der Waals surface area (Å²) in [6.07, 6.45) is -7.05. The average molecular weight is 417 g/mol. The third-order valence-corrected chi connectivity index (χ3v) is 5.36. The van der Waals surface area contributed by atoms with Gasteiger partial charge in [0.25, 0.3) is 0 Å². The monoisotopic (exact) mass is 417 g/mol. The number of benzene rings is 2. The fourth-order valence-electron chi connectivity index (χ4n) is 3.72. The van der Waals surface area contributed by atoms with Crippen LogP contribution in [0.3, 0.4) is 0 Å². The van der Waals surface area contributed by atoms with Crippen LogP contribution in [0.1, 0.15) is 17.0 Å². The van der Waals surface area contributed by atoms with E-state index in [1.165, 1.54) is 0 Å². The lowest BCUT2D eigenvalue weighted by Gasteiger charge is -2.35. The molecule has 7 N–H and O–H groups in total. The lowest BCUT2D eigenvalue weighted by Crippen LogP contribution is -2.66. The molecule has 4 atom stereocenters. The normalized spacial score (nSPS) is 17.9. The highest BCUT2D eigenvalue weighted by molar-refractivity contribution is 5.91. The summed E-state index contributed by atoms with van der Waals surface area (Å²) in [7, 11) is 0. The van der Waals surface area contributed by atoms with Crippen molar-refractivity contribution in [1.82, 2.24) is 0 Å². The van der Waals surface area contributed by atoms with E-state index in [0.29, 0.717) is 0 Å². The Balaban J connectivity index is 1.88. The quantitative estimate of drug-likeness (QED) is 0.286. The predicted octanol–water partition coefficient (Wildman–Crippen LogP) is -1.37. The highest BCUT2D eigenvalue weighted by Gasteiger charge is 2.56. The van der Waals surface area contributed by atoms with Gasteiger partial charge in [-0.15, -0.1) is 0 Å². The van der Waals surface area contributed by atoms with E-state index >= 15 is 0 Å². The Hall–Kier alpha value is -2.82. The van der Waals surface area contributed by atoms with Crippen molar-refractivity contribution in [2.24, 2.45) is 5.73 Å². The molecule has 1 amide bonds. The molecule has 1 aliphatic carbocycles. The van der Waals surface area contributed by atoms with Gasteiger partial charge in [-0.1, -0.05) is 48.5 Å². The van der Waals surface area contributed by atoms with E-state index in [-0.39, 0.29) is 6.61 Å². The van der Waals surface area contributed by atoms with Gasteiger partial charge in [-0.2, -0.15) is 0 Å². The molecule has 0 fully saturated rings. The fourth-order valence-corrected chi connectivity index (χ4v) is 3.72. The molecular formula is C21H23NO8.